The first-order chi connectivity index (χ1) is 17.6. The zero-order valence-corrected chi connectivity index (χ0v) is 19.9. The summed E-state index contributed by atoms with van der Waals surface area (Å²) in [6.07, 6.45) is -1.41. The average Bonchev–Trinajstić information content (AvgIpc) is 2.89. The third-order valence-corrected chi connectivity index (χ3v) is 5.04. The predicted octanol–water partition coefficient (Wildman–Crippen LogP) is 6.86. The Morgan fingerprint density at radius 2 is 0.917 bits per heavy atom. The molecule has 4 aromatic carbocycles. The van der Waals surface area contributed by atoms with Crippen molar-refractivity contribution >= 4 is 34.3 Å². The largest absolute Gasteiger partial charge is 0.487 e. The van der Waals surface area contributed by atoms with E-state index in [2.05, 4.69) is 10.6 Å². The van der Waals surface area contributed by atoms with Crippen LogP contribution in [0, 0.1) is 0 Å². The first-order valence-electron chi connectivity index (χ1n) is 11.5. The smallest absolute Gasteiger partial charge is 0.417 e. The zero-order chi connectivity index (χ0) is 25.3. The summed E-state index contributed by atoms with van der Waals surface area (Å²) in [5, 5.41) is 6.41. The molecule has 0 aliphatic rings. The van der Waals surface area contributed by atoms with Gasteiger partial charge >= 0.3 is 12.2 Å². The Morgan fingerprint density at radius 1 is 0.556 bits per heavy atom. The first kappa shape index (κ1) is 24.4. The van der Waals surface area contributed by atoms with Gasteiger partial charge in [0.1, 0.15) is 0 Å². The molecule has 0 spiro atoms. The molecule has 8 nitrogen and oxygen atoms in total. The lowest BCUT2D eigenvalue weighted by Crippen LogP contribution is -2.19. The van der Waals surface area contributed by atoms with Gasteiger partial charge in [-0.3, -0.25) is 10.6 Å². The van der Waals surface area contributed by atoms with Gasteiger partial charge in [0.2, 0.25) is 11.5 Å². The highest BCUT2D eigenvalue weighted by Crippen LogP contribution is 2.51. The molecule has 0 saturated heterocycles. The molecule has 2 N–H and O–H groups in total. The Balaban J connectivity index is 1.76. The van der Waals surface area contributed by atoms with Crippen LogP contribution in [0.4, 0.5) is 21.0 Å². The SMILES string of the molecule is CCOc1c(OCC)c(OC(=O)Nc2ccccc2)c2ccccc2c1OC(=O)Nc1ccccc1. The summed E-state index contributed by atoms with van der Waals surface area (Å²) in [5.74, 6) is 0.618. The molecule has 4 rings (SSSR count). The number of benzene rings is 4. The Bertz CT molecular complexity index is 1240. The van der Waals surface area contributed by atoms with Gasteiger partial charge < -0.3 is 18.9 Å². The predicted molar refractivity (Wildman–Crippen MR) is 138 cm³/mol. The zero-order valence-electron chi connectivity index (χ0n) is 19.9. The van der Waals surface area contributed by atoms with Crippen molar-refractivity contribution in [3.05, 3.63) is 84.9 Å². The minimum atomic E-state index is -0.703. The third kappa shape index (κ3) is 5.67. The maximum atomic E-state index is 12.8. The number of fused-ring (bicyclic) bond motifs is 1. The number of nitrogens with one attached hydrogen (secondary N) is 2. The number of para-hydroxylation sites is 2. The quantitative estimate of drug-likeness (QED) is 0.283. The Labute approximate surface area is 208 Å². The fourth-order valence-electron chi connectivity index (χ4n) is 3.60. The van der Waals surface area contributed by atoms with Crippen molar-refractivity contribution in [2.24, 2.45) is 0 Å². The lowest BCUT2D eigenvalue weighted by Gasteiger charge is -2.21. The van der Waals surface area contributed by atoms with Crippen molar-refractivity contribution < 1.29 is 28.5 Å². The van der Waals surface area contributed by atoms with Crippen LogP contribution in [0.3, 0.4) is 0 Å². The van der Waals surface area contributed by atoms with E-state index in [0.29, 0.717) is 22.1 Å². The van der Waals surface area contributed by atoms with Crippen LogP contribution in [0.25, 0.3) is 10.8 Å². The number of anilines is 2. The number of hydrogen-bond donors (Lipinski definition) is 2. The fourth-order valence-corrected chi connectivity index (χ4v) is 3.60. The molecule has 0 heterocycles. The maximum Gasteiger partial charge on any atom is 0.417 e. The average molecular weight is 487 g/mol. The van der Waals surface area contributed by atoms with Crippen molar-refractivity contribution in [2.75, 3.05) is 23.8 Å². The molecule has 2 amide bonds. The van der Waals surface area contributed by atoms with Gasteiger partial charge in [0.15, 0.2) is 11.5 Å². The monoisotopic (exact) mass is 486 g/mol. The molecule has 0 unspecified atom stereocenters. The summed E-state index contributed by atoms with van der Waals surface area (Å²) in [6.45, 7) is 4.10. The number of rotatable bonds is 8. The summed E-state index contributed by atoms with van der Waals surface area (Å²) < 4.78 is 23.3. The molecule has 36 heavy (non-hydrogen) atoms. The van der Waals surface area contributed by atoms with Crippen molar-refractivity contribution in [3.63, 3.8) is 0 Å². The van der Waals surface area contributed by atoms with Crippen molar-refractivity contribution in [1.82, 2.24) is 0 Å². The molecule has 0 radical (unpaired) electrons. The van der Waals surface area contributed by atoms with Gasteiger partial charge in [-0.2, -0.15) is 0 Å². The molecule has 184 valence electrons. The van der Waals surface area contributed by atoms with Gasteiger partial charge in [0.05, 0.1) is 13.2 Å². The molecular weight excluding hydrogens is 460 g/mol. The normalized spacial score (nSPS) is 10.4. The van der Waals surface area contributed by atoms with Crippen molar-refractivity contribution in [1.29, 1.82) is 0 Å². The summed E-state index contributed by atoms with van der Waals surface area (Å²) in [5.41, 5.74) is 1.15. The summed E-state index contributed by atoms with van der Waals surface area (Å²) in [4.78, 5) is 25.6. The van der Waals surface area contributed by atoms with E-state index in [4.69, 9.17) is 18.9 Å². The Morgan fingerprint density at radius 3 is 1.28 bits per heavy atom. The van der Waals surface area contributed by atoms with E-state index in [0.717, 1.165) is 0 Å². The number of amides is 2. The molecule has 0 atom stereocenters. The summed E-state index contributed by atoms with van der Waals surface area (Å²) in [7, 11) is 0. The van der Waals surface area contributed by atoms with Crippen molar-refractivity contribution in [2.45, 2.75) is 13.8 Å². The Hall–Kier alpha value is -4.72. The van der Waals surface area contributed by atoms with Gasteiger partial charge in [-0.25, -0.2) is 9.59 Å². The standard InChI is InChI=1S/C28H26N2O6/c1-3-33-25-23(35-27(31)29-19-13-7-5-8-14-19)21-17-11-12-18-22(21)24(26(25)34-4-2)36-28(32)30-20-15-9-6-10-16-20/h5-18H,3-4H2,1-2H3,(H,29,31)(H,30,32). The van der Waals surface area contributed by atoms with E-state index >= 15 is 0 Å². The van der Waals surface area contributed by atoms with E-state index in [1.807, 2.05) is 12.1 Å². The molecule has 0 bridgehead atoms. The highest BCUT2D eigenvalue weighted by Gasteiger charge is 2.27. The molecule has 0 aliphatic carbocycles. The van der Waals surface area contributed by atoms with Crippen LogP contribution in [0.5, 0.6) is 23.0 Å². The van der Waals surface area contributed by atoms with Crippen LogP contribution in [0.2, 0.25) is 0 Å². The lowest BCUT2D eigenvalue weighted by molar-refractivity contribution is 0.206. The minimum absolute atomic E-state index is 0.153. The summed E-state index contributed by atoms with van der Waals surface area (Å²) >= 11 is 0. The second kappa shape index (κ2) is 11.6. The molecule has 0 saturated carbocycles. The number of ether oxygens (including phenoxy) is 4. The first-order valence-corrected chi connectivity index (χ1v) is 11.5. The molecule has 0 aliphatic heterocycles. The number of carbonyl (C=O) groups excluding carboxylic acids is 2. The van der Waals surface area contributed by atoms with E-state index in [1.165, 1.54) is 0 Å². The van der Waals surface area contributed by atoms with Gasteiger partial charge in [-0.15, -0.1) is 0 Å². The Kier molecular flexibility index (Phi) is 7.87. The van der Waals surface area contributed by atoms with E-state index in [1.54, 1.807) is 86.6 Å². The van der Waals surface area contributed by atoms with E-state index in [-0.39, 0.29) is 36.2 Å². The van der Waals surface area contributed by atoms with Crippen LogP contribution < -0.4 is 29.6 Å². The van der Waals surface area contributed by atoms with E-state index < -0.39 is 12.2 Å². The highest BCUT2D eigenvalue weighted by atomic mass is 16.6. The lowest BCUT2D eigenvalue weighted by atomic mass is 10.1. The van der Waals surface area contributed by atoms with Gasteiger partial charge in [-0.1, -0.05) is 60.7 Å². The molecular formula is C28H26N2O6. The van der Waals surface area contributed by atoms with Crippen LogP contribution in [-0.4, -0.2) is 25.4 Å². The molecule has 0 fully saturated rings. The number of carbonyl (C=O) groups is 2. The van der Waals surface area contributed by atoms with E-state index in [9.17, 15) is 9.59 Å². The molecule has 8 heteroatoms. The summed E-state index contributed by atoms with van der Waals surface area (Å²) in [6, 6.07) is 25.0. The number of hydrogen-bond acceptors (Lipinski definition) is 6. The molecule has 0 aromatic heterocycles. The second-order valence-electron chi connectivity index (χ2n) is 7.49. The maximum absolute atomic E-state index is 12.8. The van der Waals surface area contributed by atoms with Crippen LogP contribution in [0.15, 0.2) is 84.9 Å². The van der Waals surface area contributed by atoms with Crippen LogP contribution >= 0.6 is 0 Å². The topological polar surface area (TPSA) is 95.1 Å². The van der Waals surface area contributed by atoms with Crippen LogP contribution in [0.1, 0.15) is 13.8 Å². The van der Waals surface area contributed by atoms with Gasteiger partial charge in [-0.05, 0) is 38.1 Å². The fraction of sp³-hybridized carbons (Fsp3) is 0.143. The van der Waals surface area contributed by atoms with Gasteiger partial charge in [0.25, 0.3) is 0 Å². The third-order valence-electron chi connectivity index (χ3n) is 5.04. The molecule has 4 aromatic rings. The van der Waals surface area contributed by atoms with Gasteiger partial charge in [0, 0.05) is 22.1 Å². The van der Waals surface area contributed by atoms with Crippen LogP contribution in [-0.2, 0) is 0 Å². The minimum Gasteiger partial charge on any atom is -0.487 e. The van der Waals surface area contributed by atoms with Crippen molar-refractivity contribution in [3.8, 4) is 23.0 Å². The highest BCUT2D eigenvalue weighted by molar-refractivity contribution is 6.02. The second-order valence-corrected chi connectivity index (χ2v) is 7.49.